The molecule has 3 aromatic rings. The summed E-state index contributed by atoms with van der Waals surface area (Å²) in [6.45, 7) is 11.4. The molecule has 0 aromatic heterocycles. The molecule has 1 amide bonds. The number of fused-ring (bicyclic) bond motifs is 3. The molecule has 3 aromatic carbocycles. The first-order valence-electron chi connectivity index (χ1n) is 22.4. The van der Waals surface area contributed by atoms with Crippen LogP contribution in [0, 0.1) is 17.8 Å². The normalized spacial score (nSPS) is 23.4. The van der Waals surface area contributed by atoms with Crippen molar-refractivity contribution in [3.63, 3.8) is 0 Å². The van der Waals surface area contributed by atoms with E-state index in [1.165, 1.54) is 4.90 Å². The van der Waals surface area contributed by atoms with Crippen LogP contribution in [-0.4, -0.2) is 90.9 Å². The molecule has 2 aliphatic carbocycles. The summed E-state index contributed by atoms with van der Waals surface area (Å²) in [4.78, 5) is 23.5. The zero-order valence-electron chi connectivity index (χ0n) is 36.4. The van der Waals surface area contributed by atoms with Crippen molar-refractivity contribution in [1.29, 1.82) is 0 Å². The van der Waals surface area contributed by atoms with Crippen LogP contribution in [0.2, 0.25) is 0 Å². The second-order valence-electron chi connectivity index (χ2n) is 16.2. The van der Waals surface area contributed by atoms with Crippen molar-refractivity contribution in [2.75, 3.05) is 52.2 Å². The number of ether oxygens (including phenoxy) is 6. The predicted molar refractivity (Wildman–Crippen MR) is 244 cm³/mol. The van der Waals surface area contributed by atoms with Gasteiger partial charge in [0.25, 0.3) is 0 Å². The van der Waals surface area contributed by atoms with Gasteiger partial charge in [-0.2, -0.15) is 0 Å². The first-order chi connectivity index (χ1) is 30.9. The van der Waals surface area contributed by atoms with Crippen molar-refractivity contribution in [3.05, 3.63) is 115 Å². The van der Waals surface area contributed by atoms with Crippen LogP contribution in [0.15, 0.2) is 114 Å². The van der Waals surface area contributed by atoms with E-state index in [1.54, 1.807) is 28.8 Å². The molecule has 0 bridgehead atoms. The number of aliphatic hydroxyl groups is 2. The predicted octanol–water partition coefficient (Wildman–Crippen LogP) is 9.45. The molecule has 63 heavy (non-hydrogen) atoms. The van der Waals surface area contributed by atoms with Gasteiger partial charge in [0.2, 0.25) is 12.6 Å². The van der Waals surface area contributed by atoms with Crippen LogP contribution in [-0.2, 0) is 20.9 Å². The van der Waals surface area contributed by atoms with E-state index in [4.69, 9.17) is 38.4 Å². The highest BCUT2D eigenvalue weighted by molar-refractivity contribution is 7.99. The molecule has 0 radical (unpaired) electrons. The second-order valence-corrected chi connectivity index (χ2v) is 17.4. The van der Waals surface area contributed by atoms with E-state index in [2.05, 4.69) is 37.4 Å². The van der Waals surface area contributed by atoms with E-state index >= 15 is 0 Å². The molecule has 2 aliphatic heterocycles. The van der Waals surface area contributed by atoms with Crippen LogP contribution in [0.4, 0.5) is 4.79 Å². The topological polar surface area (TPSA) is 138 Å². The average Bonchev–Trinajstić information content (AvgIpc) is 3.78. The number of hydrogen-bond donors (Lipinski definition) is 2. The van der Waals surface area contributed by atoms with Gasteiger partial charge in [-0.15, -0.1) is 24.9 Å². The van der Waals surface area contributed by atoms with Gasteiger partial charge in [-0.3, -0.25) is 4.90 Å². The second kappa shape index (κ2) is 22.6. The highest BCUT2D eigenvalue weighted by Gasteiger charge is 2.65. The van der Waals surface area contributed by atoms with Crippen molar-refractivity contribution >= 4 is 23.6 Å². The van der Waals surface area contributed by atoms with Gasteiger partial charge >= 0.3 is 6.09 Å². The summed E-state index contributed by atoms with van der Waals surface area (Å²) in [5.74, 6) is 1.43. The highest BCUT2D eigenvalue weighted by Crippen LogP contribution is 2.62. The Kier molecular flexibility index (Phi) is 16.5. The lowest BCUT2D eigenvalue weighted by Crippen LogP contribution is -2.70. The molecule has 6 atom stereocenters. The number of carbonyl (C=O) groups excluding carboxylic acids is 1. The number of allylic oxidation sites excluding steroid dienone is 1. The molecule has 338 valence electrons. The Morgan fingerprint density at radius 3 is 2.52 bits per heavy atom. The Hall–Kier alpha value is -4.95. The maximum absolute atomic E-state index is 14.7. The number of thioether (sulfide) groups is 1. The van der Waals surface area contributed by atoms with Crippen LogP contribution in [0.1, 0.15) is 75.3 Å². The molecule has 2 N–H and O–H groups in total. The number of benzene rings is 3. The maximum Gasteiger partial charge on any atom is 0.410 e. The number of nitrogens with zero attached hydrogens (tertiary/aromatic N) is 2. The fourth-order valence-electron chi connectivity index (χ4n) is 9.57. The van der Waals surface area contributed by atoms with Gasteiger partial charge < -0.3 is 43.5 Å². The number of unbranched alkanes of at least 4 members (excludes halogenated alkanes) is 2. The van der Waals surface area contributed by atoms with E-state index in [-0.39, 0.29) is 63.9 Å². The summed E-state index contributed by atoms with van der Waals surface area (Å²) in [5.41, 5.74) is 3.46. The number of carbonyl (C=O) groups is 1. The molecule has 13 heteroatoms. The van der Waals surface area contributed by atoms with Gasteiger partial charge in [-0.05, 0) is 104 Å². The number of amides is 1. The van der Waals surface area contributed by atoms with E-state index in [0.29, 0.717) is 55.4 Å². The van der Waals surface area contributed by atoms with Gasteiger partial charge in [0.1, 0.15) is 24.1 Å². The quantitative estimate of drug-likeness (QED) is 0.0385. The maximum atomic E-state index is 14.7. The minimum absolute atomic E-state index is 0.0659. The van der Waals surface area contributed by atoms with Gasteiger partial charge in [0, 0.05) is 48.3 Å². The average molecular weight is 883 g/mol. The Labute approximate surface area is 375 Å². The van der Waals surface area contributed by atoms with E-state index < -0.39 is 23.8 Å². The summed E-state index contributed by atoms with van der Waals surface area (Å²) < 4.78 is 38.4. The molecule has 0 unspecified atom stereocenters. The van der Waals surface area contributed by atoms with E-state index in [1.807, 2.05) is 55.5 Å². The molecule has 12 nitrogen and oxygen atoms in total. The lowest BCUT2D eigenvalue weighted by Gasteiger charge is -2.59. The van der Waals surface area contributed by atoms with Gasteiger partial charge in [0.15, 0.2) is 11.5 Å². The van der Waals surface area contributed by atoms with Crippen molar-refractivity contribution in [1.82, 2.24) is 4.90 Å². The summed E-state index contributed by atoms with van der Waals surface area (Å²) >= 11 is 1.74. The van der Waals surface area contributed by atoms with Crippen molar-refractivity contribution in [3.8, 4) is 23.0 Å². The molecule has 0 saturated heterocycles. The third-order valence-corrected chi connectivity index (χ3v) is 13.2. The Bertz CT molecular complexity index is 2060. The molecule has 7 rings (SSSR count). The summed E-state index contributed by atoms with van der Waals surface area (Å²) in [5, 5.41) is 24.7. The minimum atomic E-state index is -1.45. The standard InChI is InChI=1S/C50H62N2O10S/c1-4-7-26-57-49(55)52(33-35-19-21-44-45(29-35)59-34-58-44)46-32-42(51-61-6-3)40-30-36(15-11-13-23-53)39(18-12-14-24-54)47-41-31-37(56-27-28-63-38-16-9-8-10-17-38)20-22-43(41)62-50(46,48(40)47)60-25-5-2/h4-5,8-10,16-17,19-22,29-31,36,39,46-48,53-54H,1-2,6-7,11-15,18,23-28,32-34H2,3H3/t36-,39+,46-,47+,48+,50+/m0/s1. The zero-order chi connectivity index (χ0) is 44.0. The van der Waals surface area contributed by atoms with Crippen LogP contribution in [0.25, 0.3) is 0 Å². The van der Waals surface area contributed by atoms with Gasteiger partial charge in [0.05, 0.1) is 31.5 Å². The Morgan fingerprint density at radius 1 is 0.952 bits per heavy atom. The van der Waals surface area contributed by atoms with Crippen LogP contribution < -0.4 is 18.9 Å². The SMILES string of the molecule is C=CCCOC(=O)N(Cc1ccc2c(c1)OCO2)[C@H]1CC(=NOCC)C2=C[C@H](CCCCO)[C@@H](CCCCO)[C@@H]3c4cc(OCCSc5ccccc5)ccc4O[C@@]1(OCC=C)[C@H]23. The van der Waals surface area contributed by atoms with E-state index in [0.717, 1.165) is 53.9 Å². The van der Waals surface area contributed by atoms with E-state index in [9.17, 15) is 15.0 Å². The fourth-order valence-corrected chi connectivity index (χ4v) is 10.3. The molecule has 0 spiro atoms. The lowest BCUT2D eigenvalue weighted by molar-refractivity contribution is -0.256. The highest BCUT2D eigenvalue weighted by atomic mass is 32.2. The largest absolute Gasteiger partial charge is 0.493 e. The molecule has 2 heterocycles. The summed E-state index contributed by atoms with van der Waals surface area (Å²) in [6.07, 6.45) is 10.6. The van der Waals surface area contributed by atoms with Crippen molar-refractivity contribution in [2.24, 2.45) is 22.9 Å². The van der Waals surface area contributed by atoms with Gasteiger partial charge in [-0.1, -0.05) is 60.5 Å². The van der Waals surface area contributed by atoms with Crippen molar-refractivity contribution < 1.29 is 48.3 Å². The smallest absolute Gasteiger partial charge is 0.410 e. The summed E-state index contributed by atoms with van der Waals surface area (Å²) in [6, 6.07) is 21.2. The number of rotatable bonds is 24. The van der Waals surface area contributed by atoms with Crippen LogP contribution in [0.3, 0.4) is 0 Å². The molecule has 4 aliphatic rings. The first-order valence-corrected chi connectivity index (χ1v) is 23.4. The molecule has 1 fully saturated rings. The Balaban J connectivity index is 1.38. The van der Waals surface area contributed by atoms with Crippen LogP contribution >= 0.6 is 11.8 Å². The minimum Gasteiger partial charge on any atom is -0.493 e. The van der Waals surface area contributed by atoms with Crippen molar-refractivity contribution in [2.45, 2.75) is 87.5 Å². The molecular weight excluding hydrogens is 821 g/mol. The third-order valence-electron chi connectivity index (χ3n) is 12.3. The number of hydrogen-bond acceptors (Lipinski definition) is 12. The van der Waals surface area contributed by atoms with Crippen LogP contribution in [0.5, 0.6) is 23.0 Å². The lowest BCUT2D eigenvalue weighted by atomic mass is 9.55. The third kappa shape index (κ3) is 10.7. The van der Waals surface area contributed by atoms with Gasteiger partial charge in [-0.25, -0.2) is 4.79 Å². The Morgan fingerprint density at radius 2 is 1.75 bits per heavy atom. The monoisotopic (exact) mass is 882 g/mol. The molecule has 1 saturated carbocycles. The molecular formula is C50H62N2O10S. The number of oxime groups is 1. The first kappa shape index (κ1) is 46.1. The summed E-state index contributed by atoms with van der Waals surface area (Å²) in [7, 11) is 0. The number of aliphatic hydroxyl groups excluding tert-OH is 2. The fraction of sp³-hybridized carbons (Fsp3) is 0.480. The zero-order valence-corrected chi connectivity index (χ0v) is 37.2.